The van der Waals surface area contributed by atoms with E-state index in [9.17, 15) is 35.5 Å². The number of halogens is 8. The van der Waals surface area contributed by atoms with Crippen LogP contribution in [0.4, 0.5) is 46.9 Å². The summed E-state index contributed by atoms with van der Waals surface area (Å²) >= 11 is 5.81. The second kappa shape index (κ2) is 10.7. The summed E-state index contributed by atoms with van der Waals surface area (Å²) in [6.45, 7) is -1.43. The molecule has 4 heterocycles. The van der Waals surface area contributed by atoms with Gasteiger partial charge >= 0.3 is 12.2 Å². The van der Waals surface area contributed by atoms with Crippen molar-refractivity contribution in [3.8, 4) is 17.1 Å². The number of aryl methyl sites for hydroxylation is 1. The number of aromatic nitrogens is 5. The van der Waals surface area contributed by atoms with Crippen molar-refractivity contribution in [2.45, 2.75) is 32.0 Å². The fourth-order valence-corrected chi connectivity index (χ4v) is 3.85. The first-order valence-corrected chi connectivity index (χ1v) is 11.3. The van der Waals surface area contributed by atoms with Crippen molar-refractivity contribution in [2.75, 3.05) is 29.9 Å². The Labute approximate surface area is 219 Å². The Morgan fingerprint density at radius 1 is 1.23 bits per heavy atom. The third kappa shape index (κ3) is 6.76. The number of ether oxygens (including phenoxy) is 1. The Morgan fingerprint density at radius 3 is 2.59 bits per heavy atom. The third-order valence-electron chi connectivity index (χ3n) is 5.28. The van der Waals surface area contributed by atoms with Crippen LogP contribution in [0.25, 0.3) is 11.3 Å². The van der Waals surface area contributed by atoms with Crippen molar-refractivity contribution in [1.29, 1.82) is 0 Å². The van der Waals surface area contributed by atoms with E-state index in [0.29, 0.717) is 0 Å². The van der Waals surface area contributed by atoms with Crippen molar-refractivity contribution in [1.82, 2.24) is 30.7 Å². The number of nitrogens with one attached hydrogen (secondary N) is 3. The third-order valence-corrected chi connectivity index (χ3v) is 5.47. The fourth-order valence-electron chi connectivity index (χ4n) is 3.65. The first-order chi connectivity index (χ1) is 18.2. The van der Waals surface area contributed by atoms with Gasteiger partial charge in [-0.05, 0) is 19.1 Å². The van der Waals surface area contributed by atoms with E-state index >= 15 is 0 Å². The lowest BCUT2D eigenvalue weighted by molar-refractivity contribution is -0.140. The van der Waals surface area contributed by atoms with E-state index in [1.54, 1.807) is 0 Å². The Bertz CT molecular complexity index is 1360. The standard InChI is InChI=1S/C21H18ClF7N8O2/c1-9-16(18(36-33-9)21(27,28)29)17-12(37-7-20(25,26)8-37)2-11(34-35-17)5-30-19(38)31-10-3-13(22)32-15(4-10)39-6-14(23)24/h2-4,14H,5-8H2,1H3,(H,33,36)(H2,30,31,32,38). The molecule has 2 amide bonds. The molecular weight excluding hydrogens is 565 g/mol. The lowest BCUT2D eigenvalue weighted by Crippen LogP contribution is -2.56. The Morgan fingerprint density at radius 2 is 1.95 bits per heavy atom. The number of rotatable bonds is 8. The van der Waals surface area contributed by atoms with Crippen LogP contribution >= 0.6 is 11.6 Å². The summed E-state index contributed by atoms with van der Waals surface area (Å²) < 4.78 is 97.3. The van der Waals surface area contributed by atoms with Gasteiger partial charge in [0.05, 0.1) is 42.3 Å². The molecule has 0 unspecified atom stereocenters. The van der Waals surface area contributed by atoms with Gasteiger partial charge in [0, 0.05) is 11.8 Å². The molecule has 1 aliphatic rings. The number of carbonyl (C=O) groups excluding carboxylic acids is 1. The molecular formula is C21H18ClF7N8O2. The van der Waals surface area contributed by atoms with Gasteiger partial charge in [-0.25, -0.2) is 27.3 Å². The van der Waals surface area contributed by atoms with E-state index in [2.05, 4.69) is 36.0 Å². The molecule has 0 aliphatic carbocycles. The molecule has 0 radical (unpaired) electrons. The summed E-state index contributed by atoms with van der Waals surface area (Å²) in [5.74, 6) is -3.30. The van der Waals surface area contributed by atoms with E-state index in [4.69, 9.17) is 16.3 Å². The molecule has 0 atom stereocenters. The van der Waals surface area contributed by atoms with Crippen LogP contribution < -0.4 is 20.3 Å². The molecule has 3 aromatic heterocycles. The van der Waals surface area contributed by atoms with Gasteiger partial charge in [-0.1, -0.05) is 11.6 Å². The molecule has 210 valence electrons. The molecule has 0 aromatic carbocycles. The molecule has 0 spiro atoms. The zero-order valence-electron chi connectivity index (χ0n) is 19.7. The number of aromatic amines is 1. The quantitative estimate of drug-likeness (QED) is 0.261. The maximum atomic E-state index is 13.6. The zero-order valence-corrected chi connectivity index (χ0v) is 20.5. The second-order valence-corrected chi connectivity index (χ2v) is 8.77. The van der Waals surface area contributed by atoms with Crippen LogP contribution in [0.15, 0.2) is 18.2 Å². The number of carbonyl (C=O) groups is 1. The van der Waals surface area contributed by atoms with Gasteiger partial charge < -0.3 is 20.3 Å². The minimum atomic E-state index is -4.85. The molecule has 39 heavy (non-hydrogen) atoms. The molecule has 3 aromatic rings. The molecule has 0 saturated carbocycles. The number of H-pyrrole nitrogens is 1. The highest BCUT2D eigenvalue weighted by Crippen LogP contribution is 2.42. The number of urea groups is 1. The molecule has 4 rings (SSSR count). The van der Waals surface area contributed by atoms with E-state index in [1.807, 2.05) is 0 Å². The topological polar surface area (TPSA) is 121 Å². The molecule has 1 saturated heterocycles. The average Bonchev–Trinajstić information content (AvgIpc) is 3.21. The number of hydrogen-bond acceptors (Lipinski definition) is 7. The molecule has 1 fully saturated rings. The molecule has 18 heteroatoms. The van der Waals surface area contributed by atoms with Crippen molar-refractivity contribution < 1.29 is 40.3 Å². The predicted molar refractivity (Wildman–Crippen MR) is 123 cm³/mol. The van der Waals surface area contributed by atoms with E-state index < -0.39 is 55.5 Å². The zero-order chi connectivity index (χ0) is 28.5. The summed E-state index contributed by atoms with van der Waals surface area (Å²) in [7, 11) is 0. The highest BCUT2D eigenvalue weighted by Gasteiger charge is 2.46. The predicted octanol–water partition coefficient (Wildman–Crippen LogP) is 4.66. The maximum Gasteiger partial charge on any atom is 0.435 e. The number of nitrogens with zero attached hydrogens (tertiary/aromatic N) is 5. The highest BCUT2D eigenvalue weighted by molar-refractivity contribution is 6.29. The number of hydrogen-bond donors (Lipinski definition) is 3. The average molecular weight is 583 g/mol. The van der Waals surface area contributed by atoms with Crippen LogP contribution in [0.2, 0.25) is 5.15 Å². The van der Waals surface area contributed by atoms with Gasteiger partial charge in [0.25, 0.3) is 12.3 Å². The lowest BCUT2D eigenvalue weighted by atomic mass is 10.0. The molecule has 3 N–H and O–H groups in total. The number of pyridine rings is 1. The van der Waals surface area contributed by atoms with Crippen LogP contribution in [0.3, 0.4) is 0 Å². The van der Waals surface area contributed by atoms with Crippen molar-refractivity contribution in [3.05, 3.63) is 40.4 Å². The molecule has 0 bridgehead atoms. The number of amides is 2. The Kier molecular flexibility index (Phi) is 7.72. The first kappa shape index (κ1) is 28.1. The van der Waals surface area contributed by atoms with Crippen LogP contribution in [0.5, 0.6) is 5.88 Å². The summed E-state index contributed by atoms with van der Waals surface area (Å²) in [6.07, 6.45) is -7.61. The molecule has 1 aliphatic heterocycles. The monoisotopic (exact) mass is 582 g/mol. The summed E-state index contributed by atoms with van der Waals surface area (Å²) in [5, 5.41) is 17.9. The van der Waals surface area contributed by atoms with Crippen LogP contribution in [0, 0.1) is 6.92 Å². The van der Waals surface area contributed by atoms with Crippen LogP contribution in [-0.4, -0.2) is 63.5 Å². The Balaban J connectivity index is 1.52. The SMILES string of the molecule is Cc1[nH]nc(C(F)(F)F)c1-c1nnc(CNC(=O)Nc2cc(Cl)nc(OCC(F)F)c2)cc1N1CC(F)(F)C1. The maximum absolute atomic E-state index is 13.6. The Hall–Kier alpha value is -3.89. The van der Waals surface area contributed by atoms with Crippen molar-refractivity contribution in [3.63, 3.8) is 0 Å². The van der Waals surface area contributed by atoms with Gasteiger partial charge in [0.2, 0.25) is 5.88 Å². The van der Waals surface area contributed by atoms with E-state index in [1.165, 1.54) is 19.1 Å². The normalized spacial score (nSPS) is 14.8. The second-order valence-electron chi connectivity index (χ2n) is 8.38. The van der Waals surface area contributed by atoms with Crippen molar-refractivity contribution >= 4 is 29.0 Å². The smallest absolute Gasteiger partial charge is 0.435 e. The summed E-state index contributed by atoms with van der Waals surface area (Å²) in [6, 6.07) is 2.80. The molecule has 10 nitrogen and oxygen atoms in total. The van der Waals surface area contributed by atoms with Gasteiger partial charge in [0.15, 0.2) is 12.3 Å². The van der Waals surface area contributed by atoms with Crippen LogP contribution in [0.1, 0.15) is 17.1 Å². The lowest BCUT2D eigenvalue weighted by Gasteiger charge is -2.41. The minimum absolute atomic E-state index is 0.00308. The first-order valence-electron chi connectivity index (χ1n) is 11.0. The number of alkyl halides is 7. The minimum Gasteiger partial charge on any atom is -0.471 e. The van der Waals surface area contributed by atoms with E-state index in [0.717, 1.165) is 11.0 Å². The van der Waals surface area contributed by atoms with Crippen LogP contribution in [-0.2, 0) is 12.7 Å². The van der Waals surface area contributed by atoms with Gasteiger partial charge in [-0.3, -0.25) is 5.10 Å². The van der Waals surface area contributed by atoms with Gasteiger partial charge in [0.1, 0.15) is 10.8 Å². The summed E-state index contributed by atoms with van der Waals surface area (Å²) in [5.41, 5.74) is -1.97. The van der Waals surface area contributed by atoms with E-state index in [-0.39, 0.29) is 46.0 Å². The highest BCUT2D eigenvalue weighted by atomic mass is 35.5. The fraction of sp³-hybridized carbons (Fsp3) is 0.381. The van der Waals surface area contributed by atoms with Crippen molar-refractivity contribution in [2.24, 2.45) is 0 Å². The number of anilines is 2. The largest absolute Gasteiger partial charge is 0.471 e. The van der Waals surface area contributed by atoms with Gasteiger partial charge in [-0.2, -0.15) is 23.4 Å². The van der Waals surface area contributed by atoms with Gasteiger partial charge in [-0.15, -0.1) is 5.10 Å². The summed E-state index contributed by atoms with van der Waals surface area (Å²) in [4.78, 5) is 17.2.